The summed E-state index contributed by atoms with van der Waals surface area (Å²) in [6.45, 7) is 3.31. The van der Waals surface area contributed by atoms with Crippen molar-refractivity contribution in [3.63, 3.8) is 0 Å². The molecule has 0 bridgehead atoms. The third-order valence-electron chi connectivity index (χ3n) is 4.90. The summed E-state index contributed by atoms with van der Waals surface area (Å²) in [5.41, 5.74) is 1.12. The average Bonchev–Trinajstić information content (AvgIpc) is 3.17. The molecule has 0 radical (unpaired) electrons. The molecule has 0 spiro atoms. The first-order valence-corrected chi connectivity index (χ1v) is 11.1. The maximum absolute atomic E-state index is 12.7. The van der Waals surface area contributed by atoms with Gasteiger partial charge in [-0.25, -0.2) is 13.1 Å². The quantitative estimate of drug-likeness (QED) is 0.729. The van der Waals surface area contributed by atoms with E-state index >= 15 is 0 Å². The zero-order valence-corrected chi connectivity index (χ0v) is 17.0. The standard InChI is InChI=1S/C19H26N4O4S/c1-3-18-22-19(23-27-18)14-10-9-13(2)16(11-14)28(25,26)20-12-17(24)21-15-7-5-4-6-8-15/h9-11,15,20H,3-8,12H2,1-2H3,(H,21,24). The predicted octanol–water partition coefficient (Wildman–Crippen LogP) is 2.33. The van der Waals surface area contributed by atoms with Gasteiger partial charge in [-0.2, -0.15) is 4.98 Å². The normalized spacial score (nSPS) is 15.5. The SMILES string of the molecule is CCc1nc(-c2ccc(C)c(S(=O)(=O)NCC(=O)NC3CCCCC3)c2)no1. The zero-order valence-electron chi connectivity index (χ0n) is 16.2. The summed E-state index contributed by atoms with van der Waals surface area (Å²) < 4.78 is 33.0. The Morgan fingerprint density at radius 2 is 2.00 bits per heavy atom. The zero-order chi connectivity index (χ0) is 20.1. The summed E-state index contributed by atoms with van der Waals surface area (Å²) in [6.07, 6.45) is 5.88. The van der Waals surface area contributed by atoms with Crippen LogP contribution in [-0.2, 0) is 21.2 Å². The van der Waals surface area contributed by atoms with Crippen molar-refractivity contribution in [2.24, 2.45) is 0 Å². The van der Waals surface area contributed by atoms with Gasteiger partial charge in [0.15, 0.2) is 0 Å². The smallest absolute Gasteiger partial charge is 0.241 e. The number of carbonyl (C=O) groups excluding carboxylic acids is 1. The highest BCUT2D eigenvalue weighted by Crippen LogP contribution is 2.23. The van der Waals surface area contributed by atoms with Gasteiger partial charge in [-0.1, -0.05) is 43.5 Å². The highest BCUT2D eigenvalue weighted by molar-refractivity contribution is 7.89. The Balaban J connectivity index is 1.70. The molecule has 1 aromatic carbocycles. The molecule has 0 unspecified atom stereocenters. The van der Waals surface area contributed by atoms with Gasteiger partial charge in [0, 0.05) is 18.0 Å². The molecule has 28 heavy (non-hydrogen) atoms. The van der Waals surface area contributed by atoms with Crippen molar-refractivity contribution in [2.45, 2.75) is 63.3 Å². The van der Waals surface area contributed by atoms with E-state index in [1.165, 1.54) is 12.5 Å². The molecular formula is C19H26N4O4S. The van der Waals surface area contributed by atoms with E-state index in [2.05, 4.69) is 20.2 Å². The van der Waals surface area contributed by atoms with Gasteiger partial charge in [-0.05, 0) is 31.4 Å². The molecule has 1 saturated carbocycles. The largest absolute Gasteiger partial charge is 0.352 e. The molecule has 1 heterocycles. The Bertz CT molecular complexity index is 933. The van der Waals surface area contributed by atoms with Crippen LogP contribution in [0.2, 0.25) is 0 Å². The van der Waals surface area contributed by atoms with Crippen LogP contribution < -0.4 is 10.0 Å². The van der Waals surface area contributed by atoms with Crippen LogP contribution in [0.25, 0.3) is 11.4 Å². The van der Waals surface area contributed by atoms with E-state index in [0.29, 0.717) is 29.3 Å². The highest BCUT2D eigenvalue weighted by atomic mass is 32.2. The van der Waals surface area contributed by atoms with E-state index in [0.717, 1.165) is 25.7 Å². The van der Waals surface area contributed by atoms with Gasteiger partial charge in [-0.3, -0.25) is 4.79 Å². The lowest BCUT2D eigenvalue weighted by atomic mass is 9.95. The van der Waals surface area contributed by atoms with Crippen LogP contribution in [0.5, 0.6) is 0 Å². The molecule has 152 valence electrons. The van der Waals surface area contributed by atoms with Crippen molar-refractivity contribution >= 4 is 15.9 Å². The number of hydrogen-bond donors (Lipinski definition) is 2. The number of benzene rings is 1. The molecule has 2 aromatic rings. The van der Waals surface area contributed by atoms with Gasteiger partial charge in [-0.15, -0.1) is 0 Å². The Morgan fingerprint density at radius 3 is 2.68 bits per heavy atom. The Labute approximate surface area is 165 Å². The lowest BCUT2D eigenvalue weighted by Crippen LogP contribution is -2.42. The van der Waals surface area contributed by atoms with Gasteiger partial charge in [0.1, 0.15) is 0 Å². The van der Waals surface area contributed by atoms with Crippen LogP contribution >= 0.6 is 0 Å². The van der Waals surface area contributed by atoms with Crippen molar-refractivity contribution in [1.82, 2.24) is 20.2 Å². The molecule has 1 aromatic heterocycles. The fourth-order valence-corrected chi connectivity index (χ4v) is 4.56. The fourth-order valence-electron chi connectivity index (χ4n) is 3.31. The predicted molar refractivity (Wildman–Crippen MR) is 104 cm³/mol. The van der Waals surface area contributed by atoms with Crippen LogP contribution in [0.4, 0.5) is 0 Å². The molecule has 1 aliphatic carbocycles. The maximum atomic E-state index is 12.7. The summed E-state index contributed by atoms with van der Waals surface area (Å²) >= 11 is 0. The molecule has 9 heteroatoms. The van der Waals surface area contributed by atoms with Gasteiger partial charge >= 0.3 is 0 Å². The van der Waals surface area contributed by atoms with Crippen molar-refractivity contribution in [2.75, 3.05) is 6.54 Å². The van der Waals surface area contributed by atoms with Gasteiger partial charge in [0.25, 0.3) is 0 Å². The first-order chi connectivity index (χ1) is 13.4. The molecule has 0 saturated heterocycles. The van der Waals surface area contributed by atoms with Crippen molar-refractivity contribution < 1.29 is 17.7 Å². The summed E-state index contributed by atoms with van der Waals surface area (Å²) in [6, 6.07) is 5.07. The van der Waals surface area contributed by atoms with Crippen LogP contribution in [-0.4, -0.2) is 37.1 Å². The molecule has 1 aliphatic rings. The Hall–Kier alpha value is -2.26. The molecule has 8 nitrogen and oxygen atoms in total. The van der Waals surface area contributed by atoms with E-state index in [1.54, 1.807) is 19.1 Å². The van der Waals surface area contributed by atoms with Gasteiger partial charge < -0.3 is 9.84 Å². The minimum absolute atomic E-state index is 0.0957. The van der Waals surface area contributed by atoms with E-state index in [-0.39, 0.29) is 23.4 Å². The van der Waals surface area contributed by atoms with Crippen LogP contribution in [0.3, 0.4) is 0 Å². The van der Waals surface area contributed by atoms with E-state index in [1.807, 2.05) is 6.92 Å². The Morgan fingerprint density at radius 1 is 1.25 bits per heavy atom. The second kappa shape index (κ2) is 8.83. The maximum Gasteiger partial charge on any atom is 0.241 e. The summed E-state index contributed by atoms with van der Waals surface area (Å²) in [5.74, 6) is 0.510. The number of aromatic nitrogens is 2. The number of nitrogens with zero attached hydrogens (tertiary/aromatic N) is 2. The third-order valence-corrected chi connectivity index (χ3v) is 6.44. The first-order valence-electron chi connectivity index (χ1n) is 9.61. The fraction of sp³-hybridized carbons (Fsp3) is 0.526. The molecule has 0 aliphatic heterocycles. The minimum atomic E-state index is -3.85. The molecule has 2 N–H and O–H groups in total. The number of amides is 1. The molecular weight excluding hydrogens is 380 g/mol. The lowest BCUT2D eigenvalue weighted by molar-refractivity contribution is -0.120. The van der Waals surface area contributed by atoms with Gasteiger partial charge in [0.2, 0.25) is 27.6 Å². The second-order valence-electron chi connectivity index (χ2n) is 7.07. The van der Waals surface area contributed by atoms with Crippen molar-refractivity contribution in [3.05, 3.63) is 29.7 Å². The first kappa shape index (κ1) is 20.5. The van der Waals surface area contributed by atoms with Crippen LogP contribution in [0.1, 0.15) is 50.5 Å². The summed E-state index contributed by atoms with van der Waals surface area (Å²) in [4.78, 5) is 16.5. The van der Waals surface area contributed by atoms with E-state index in [9.17, 15) is 13.2 Å². The van der Waals surface area contributed by atoms with E-state index < -0.39 is 10.0 Å². The van der Waals surface area contributed by atoms with Crippen molar-refractivity contribution in [3.8, 4) is 11.4 Å². The monoisotopic (exact) mass is 406 g/mol. The number of sulfonamides is 1. The molecule has 0 atom stereocenters. The van der Waals surface area contributed by atoms with E-state index in [4.69, 9.17) is 4.52 Å². The number of hydrogen-bond acceptors (Lipinski definition) is 6. The second-order valence-corrected chi connectivity index (χ2v) is 8.81. The minimum Gasteiger partial charge on any atom is -0.352 e. The average molecular weight is 407 g/mol. The van der Waals surface area contributed by atoms with Crippen LogP contribution in [0.15, 0.2) is 27.6 Å². The summed E-state index contributed by atoms with van der Waals surface area (Å²) in [7, 11) is -3.85. The molecule has 1 amide bonds. The highest BCUT2D eigenvalue weighted by Gasteiger charge is 2.21. The lowest BCUT2D eigenvalue weighted by Gasteiger charge is -2.22. The Kier molecular flexibility index (Phi) is 6.46. The topological polar surface area (TPSA) is 114 Å². The molecule has 3 rings (SSSR count). The van der Waals surface area contributed by atoms with Gasteiger partial charge in [0.05, 0.1) is 11.4 Å². The number of carbonyl (C=O) groups is 1. The number of aryl methyl sites for hydroxylation is 2. The van der Waals surface area contributed by atoms with Crippen molar-refractivity contribution in [1.29, 1.82) is 0 Å². The molecule has 1 fully saturated rings. The third kappa shape index (κ3) is 4.96. The summed E-state index contributed by atoms with van der Waals surface area (Å²) in [5, 5.41) is 6.79. The number of nitrogens with one attached hydrogen (secondary N) is 2. The van der Waals surface area contributed by atoms with Crippen LogP contribution in [0, 0.1) is 6.92 Å². The number of rotatable bonds is 7.